The fraction of sp³-hybridized carbons (Fsp3) is 0.588. The number of hydrogen-bond acceptors (Lipinski definition) is 5. The molecule has 3 rings (SSSR count). The van der Waals surface area contributed by atoms with Crippen LogP contribution in [-0.4, -0.2) is 63.5 Å². The van der Waals surface area contributed by atoms with Crippen LogP contribution in [0.25, 0.3) is 0 Å². The fourth-order valence-corrected chi connectivity index (χ4v) is 5.29. The number of anilines is 2. The van der Waals surface area contributed by atoms with Crippen LogP contribution in [0.4, 0.5) is 11.4 Å². The first-order valence-corrected chi connectivity index (χ1v) is 10.3. The van der Waals surface area contributed by atoms with Gasteiger partial charge in [0.05, 0.1) is 29.4 Å². The number of sulfone groups is 1. The second-order valence-electron chi connectivity index (χ2n) is 6.73. The van der Waals surface area contributed by atoms with Crippen molar-refractivity contribution >= 4 is 27.1 Å². The zero-order chi connectivity index (χ0) is 17.2. The van der Waals surface area contributed by atoms with E-state index in [2.05, 4.69) is 10.2 Å². The number of nitrogens with one attached hydrogen (secondary N) is 1. The van der Waals surface area contributed by atoms with Gasteiger partial charge in [-0.1, -0.05) is 12.1 Å². The summed E-state index contributed by atoms with van der Waals surface area (Å²) in [6.45, 7) is 2.24. The van der Waals surface area contributed by atoms with Gasteiger partial charge in [-0.2, -0.15) is 0 Å². The molecule has 0 aliphatic carbocycles. The molecule has 2 saturated heterocycles. The molecule has 2 heterocycles. The van der Waals surface area contributed by atoms with E-state index in [1.54, 1.807) is 0 Å². The topological polar surface area (TPSA) is 69.7 Å². The Hall–Kier alpha value is -1.60. The Morgan fingerprint density at radius 2 is 2.00 bits per heavy atom. The van der Waals surface area contributed by atoms with Crippen molar-refractivity contribution in [1.29, 1.82) is 0 Å². The van der Waals surface area contributed by atoms with Crippen LogP contribution in [0.3, 0.4) is 0 Å². The van der Waals surface area contributed by atoms with E-state index >= 15 is 0 Å². The summed E-state index contributed by atoms with van der Waals surface area (Å²) < 4.78 is 23.2. The van der Waals surface area contributed by atoms with Gasteiger partial charge in [-0.15, -0.1) is 0 Å². The molecule has 6 nitrogen and oxygen atoms in total. The van der Waals surface area contributed by atoms with Crippen LogP contribution in [0.5, 0.6) is 0 Å². The summed E-state index contributed by atoms with van der Waals surface area (Å²) in [5.74, 6) is 0.274. The van der Waals surface area contributed by atoms with E-state index in [-0.39, 0.29) is 30.0 Å². The molecule has 2 fully saturated rings. The maximum atomic E-state index is 12.4. The highest BCUT2D eigenvalue weighted by Gasteiger charge is 2.31. The van der Waals surface area contributed by atoms with Crippen LogP contribution in [0.1, 0.15) is 19.3 Å². The second kappa shape index (κ2) is 7.11. The molecule has 0 spiro atoms. The predicted octanol–water partition coefficient (Wildman–Crippen LogP) is 1.34. The molecule has 0 radical (unpaired) electrons. The SMILES string of the molecule is CN(CC(=O)Nc1ccccc1N1CCCC1)C1CCS(=O)(=O)C1. The Labute approximate surface area is 143 Å². The fourth-order valence-electron chi connectivity index (χ4n) is 3.48. The normalized spacial score (nSPS) is 22.9. The average Bonchev–Trinajstić information content (AvgIpc) is 3.17. The maximum absolute atomic E-state index is 12.4. The molecule has 7 heteroatoms. The van der Waals surface area contributed by atoms with E-state index in [0.717, 1.165) is 24.5 Å². The summed E-state index contributed by atoms with van der Waals surface area (Å²) in [4.78, 5) is 16.5. The van der Waals surface area contributed by atoms with E-state index in [0.29, 0.717) is 6.42 Å². The Kier molecular flexibility index (Phi) is 5.10. The van der Waals surface area contributed by atoms with Gasteiger partial charge >= 0.3 is 0 Å². The van der Waals surface area contributed by atoms with Gasteiger partial charge in [-0.05, 0) is 38.4 Å². The molecule has 24 heavy (non-hydrogen) atoms. The lowest BCUT2D eigenvalue weighted by Gasteiger charge is -2.24. The second-order valence-corrected chi connectivity index (χ2v) is 8.96. The van der Waals surface area contributed by atoms with E-state index in [1.165, 1.54) is 12.8 Å². The summed E-state index contributed by atoms with van der Waals surface area (Å²) in [5.41, 5.74) is 1.89. The van der Waals surface area contributed by atoms with Crippen LogP contribution in [0.2, 0.25) is 0 Å². The Morgan fingerprint density at radius 1 is 1.29 bits per heavy atom. The lowest BCUT2D eigenvalue weighted by atomic mass is 10.2. The van der Waals surface area contributed by atoms with Gasteiger partial charge < -0.3 is 10.2 Å². The first kappa shape index (κ1) is 17.2. The molecule has 1 aromatic rings. The van der Waals surface area contributed by atoms with Crippen LogP contribution in [-0.2, 0) is 14.6 Å². The zero-order valence-electron chi connectivity index (χ0n) is 14.1. The van der Waals surface area contributed by atoms with Gasteiger partial charge in [0.2, 0.25) is 5.91 Å². The average molecular weight is 351 g/mol. The van der Waals surface area contributed by atoms with Crippen molar-refractivity contribution in [3.05, 3.63) is 24.3 Å². The summed E-state index contributed by atoms with van der Waals surface area (Å²) in [6, 6.07) is 7.80. The number of carbonyl (C=O) groups is 1. The third-order valence-electron chi connectivity index (χ3n) is 4.85. The Bertz CT molecular complexity index is 699. The van der Waals surface area contributed by atoms with Crippen molar-refractivity contribution in [3.63, 3.8) is 0 Å². The van der Waals surface area contributed by atoms with Crippen LogP contribution >= 0.6 is 0 Å². The number of hydrogen-bond donors (Lipinski definition) is 1. The van der Waals surface area contributed by atoms with Crippen molar-refractivity contribution in [2.45, 2.75) is 25.3 Å². The smallest absolute Gasteiger partial charge is 0.238 e. The minimum absolute atomic E-state index is 0.0606. The lowest BCUT2D eigenvalue weighted by molar-refractivity contribution is -0.117. The number of carbonyl (C=O) groups excluding carboxylic acids is 1. The highest BCUT2D eigenvalue weighted by molar-refractivity contribution is 7.91. The molecule has 0 bridgehead atoms. The molecule has 1 atom stereocenters. The van der Waals surface area contributed by atoms with Gasteiger partial charge in [0.25, 0.3) is 0 Å². The van der Waals surface area contributed by atoms with Crippen molar-refractivity contribution < 1.29 is 13.2 Å². The molecule has 1 N–H and O–H groups in total. The summed E-state index contributed by atoms with van der Waals surface area (Å²) in [7, 11) is -1.12. The van der Waals surface area contributed by atoms with Crippen molar-refractivity contribution in [2.75, 3.05) is 48.4 Å². The van der Waals surface area contributed by atoms with E-state index < -0.39 is 9.84 Å². The molecule has 132 valence electrons. The van der Waals surface area contributed by atoms with Crippen LogP contribution in [0.15, 0.2) is 24.3 Å². The molecule has 2 aliphatic heterocycles. The van der Waals surface area contributed by atoms with Gasteiger partial charge in [0, 0.05) is 19.1 Å². The standard InChI is InChI=1S/C17H25N3O3S/c1-19(14-8-11-24(22,23)13-14)12-17(21)18-15-6-2-3-7-16(15)20-9-4-5-10-20/h2-3,6-7,14H,4-5,8-13H2,1H3,(H,18,21). The maximum Gasteiger partial charge on any atom is 0.238 e. The molecular weight excluding hydrogens is 326 g/mol. The summed E-state index contributed by atoms with van der Waals surface area (Å²) >= 11 is 0. The lowest BCUT2D eigenvalue weighted by Crippen LogP contribution is -2.38. The highest BCUT2D eigenvalue weighted by Crippen LogP contribution is 2.28. The summed E-state index contributed by atoms with van der Waals surface area (Å²) in [5, 5.41) is 2.99. The van der Waals surface area contributed by atoms with Crippen molar-refractivity contribution in [2.24, 2.45) is 0 Å². The molecule has 1 aromatic carbocycles. The minimum Gasteiger partial charge on any atom is -0.370 e. The van der Waals surface area contributed by atoms with Gasteiger partial charge in [-0.25, -0.2) is 8.42 Å². The zero-order valence-corrected chi connectivity index (χ0v) is 14.9. The number of amides is 1. The van der Waals surface area contributed by atoms with Gasteiger partial charge in [0.15, 0.2) is 9.84 Å². The van der Waals surface area contributed by atoms with E-state index in [1.807, 2.05) is 36.2 Å². The number of benzene rings is 1. The minimum atomic E-state index is -2.93. The Balaban J connectivity index is 1.61. The molecule has 1 amide bonds. The quantitative estimate of drug-likeness (QED) is 0.867. The number of rotatable bonds is 5. The van der Waals surface area contributed by atoms with Crippen LogP contribution < -0.4 is 10.2 Å². The monoisotopic (exact) mass is 351 g/mol. The van der Waals surface area contributed by atoms with E-state index in [9.17, 15) is 13.2 Å². The third kappa shape index (κ3) is 4.08. The Morgan fingerprint density at radius 3 is 2.67 bits per heavy atom. The van der Waals surface area contributed by atoms with E-state index in [4.69, 9.17) is 0 Å². The molecule has 1 unspecified atom stereocenters. The molecular formula is C17H25N3O3S. The molecule has 2 aliphatic rings. The van der Waals surface area contributed by atoms with Crippen molar-refractivity contribution in [3.8, 4) is 0 Å². The number of nitrogens with zero attached hydrogens (tertiary/aromatic N) is 2. The largest absolute Gasteiger partial charge is 0.370 e. The molecule has 0 saturated carbocycles. The van der Waals surface area contributed by atoms with Gasteiger partial charge in [0.1, 0.15) is 0 Å². The van der Waals surface area contributed by atoms with Crippen LogP contribution in [0, 0.1) is 0 Å². The van der Waals surface area contributed by atoms with Crippen molar-refractivity contribution in [1.82, 2.24) is 4.90 Å². The first-order chi connectivity index (χ1) is 11.4. The highest BCUT2D eigenvalue weighted by atomic mass is 32.2. The number of para-hydroxylation sites is 2. The molecule has 0 aromatic heterocycles. The first-order valence-electron chi connectivity index (χ1n) is 8.49. The number of likely N-dealkylation sites (N-methyl/N-ethyl adjacent to an activating group) is 1. The third-order valence-corrected chi connectivity index (χ3v) is 6.60. The summed E-state index contributed by atoms with van der Waals surface area (Å²) in [6.07, 6.45) is 2.97. The predicted molar refractivity (Wildman–Crippen MR) is 96.2 cm³/mol. The van der Waals surface area contributed by atoms with Gasteiger partial charge in [-0.3, -0.25) is 9.69 Å².